The van der Waals surface area contributed by atoms with Gasteiger partial charge < -0.3 is 5.73 Å². The normalized spacial score (nSPS) is 14.8. The van der Waals surface area contributed by atoms with Gasteiger partial charge in [0.15, 0.2) is 0 Å². The first kappa shape index (κ1) is 15.5. The third kappa shape index (κ3) is 3.94. The molecule has 0 aliphatic heterocycles. The van der Waals surface area contributed by atoms with E-state index in [2.05, 4.69) is 11.2 Å². The van der Waals surface area contributed by atoms with Gasteiger partial charge in [-0.3, -0.25) is 5.32 Å². The standard InChI is InChI=1S/C13H14F4N2/c1-3-8(2)19-12(7-18)10-5-4-9(14)6-11(10)13(15,16)17/h1,4-6,8,12,19H,7,18H2,2H3. The second kappa shape index (κ2) is 6.04. The molecule has 104 valence electrons. The second-order valence-corrected chi connectivity index (χ2v) is 4.07. The largest absolute Gasteiger partial charge is 0.416 e. The predicted molar refractivity (Wildman–Crippen MR) is 64.6 cm³/mol. The maximum Gasteiger partial charge on any atom is 0.416 e. The van der Waals surface area contributed by atoms with Crippen molar-refractivity contribution < 1.29 is 17.6 Å². The van der Waals surface area contributed by atoms with Crippen LogP contribution in [-0.2, 0) is 6.18 Å². The van der Waals surface area contributed by atoms with Gasteiger partial charge in [0.05, 0.1) is 11.6 Å². The number of nitrogens with two attached hydrogens (primary N) is 1. The van der Waals surface area contributed by atoms with Crippen molar-refractivity contribution in [2.75, 3.05) is 6.54 Å². The summed E-state index contributed by atoms with van der Waals surface area (Å²) in [6.07, 6.45) is 0.519. The molecule has 6 heteroatoms. The molecule has 0 amide bonds. The van der Waals surface area contributed by atoms with Crippen LogP contribution in [-0.4, -0.2) is 12.6 Å². The van der Waals surface area contributed by atoms with Crippen LogP contribution in [0.2, 0.25) is 0 Å². The first-order valence-electron chi connectivity index (χ1n) is 5.58. The van der Waals surface area contributed by atoms with Crippen LogP contribution < -0.4 is 11.1 Å². The number of rotatable bonds is 4. The molecule has 0 heterocycles. The summed E-state index contributed by atoms with van der Waals surface area (Å²) in [5.41, 5.74) is 4.31. The second-order valence-electron chi connectivity index (χ2n) is 4.07. The fourth-order valence-corrected chi connectivity index (χ4v) is 1.71. The van der Waals surface area contributed by atoms with Gasteiger partial charge in [-0.1, -0.05) is 12.0 Å². The minimum Gasteiger partial charge on any atom is -0.329 e. The monoisotopic (exact) mass is 274 g/mol. The third-order valence-electron chi connectivity index (χ3n) is 2.63. The van der Waals surface area contributed by atoms with Crippen LogP contribution in [0, 0.1) is 18.2 Å². The van der Waals surface area contributed by atoms with Crippen molar-refractivity contribution >= 4 is 0 Å². The molecule has 0 saturated heterocycles. The molecule has 2 unspecified atom stereocenters. The van der Waals surface area contributed by atoms with Crippen molar-refractivity contribution in [1.29, 1.82) is 0 Å². The lowest BCUT2D eigenvalue weighted by Gasteiger charge is -2.23. The number of halogens is 4. The van der Waals surface area contributed by atoms with Crippen LogP contribution in [0.5, 0.6) is 0 Å². The number of alkyl halides is 3. The van der Waals surface area contributed by atoms with Gasteiger partial charge in [0.25, 0.3) is 0 Å². The van der Waals surface area contributed by atoms with E-state index in [0.717, 1.165) is 12.1 Å². The Kier molecular flexibility index (Phi) is 4.92. The molecule has 0 aliphatic rings. The summed E-state index contributed by atoms with van der Waals surface area (Å²) >= 11 is 0. The summed E-state index contributed by atoms with van der Waals surface area (Å²) in [5, 5.41) is 2.78. The first-order valence-corrected chi connectivity index (χ1v) is 5.58. The minimum atomic E-state index is -4.65. The van der Waals surface area contributed by atoms with Crippen molar-refractivity contribution in [3.05, 3.63) is 35.1 Å². The van der Waals surface area contributed by atoms with Gasteiger partial charge in [0, 0.05) is 12.6 Å². The number of hydrogen-bond donors (Lipinski definition) is 2. The van der Waals surface area contributed by atoms with Crippen LogP contribution in [0.4, 0.5) is 17.6 Å². The highest BCUT2D eigenvalue weighted by Gasteiger charge is 2.35. The molecule has 19 heavy (non-hydrogen) atoms. The van der Waals surface area contributed by atoms with E-state index in [9.17, 15) is 17.6 Å². The Hall–Kier alpha value is -1.58. The molecule has 0 aromatic heterocycles. The van der Waals surface area contributed by atoms with Crippen molar-refractivity contribution in [3.63, 3.8) is 0 Å². The van der Waals surface area contributed by atoms with Gasteiger partial charge in [-0.05, 0) is 24.6 Å². The van der Waals surface area contributed by atoms with E-state index < -0.39 is 29.6 Å². The maximum atomic E-state index is 13.0. The Morgan fingerprint density at radius 2 is 2.05 bits per heavy atom. The first-order chi connectivity index (χ1) is 8.79. The molecule has 1 aromatic carbocycles. The summed E-state index contributed by atoms with van der Waals surface area (Å²) < 4.78 is 51.6. The zero-order valence-electron chi connectivity index (χ0n) is 10.3. The molecule has 1 rings (SSSR count). The van der Waals surface area contributed by atoms with E-state index in [1.165, 1.54) is 0 Å². The van der Waals surface area contributed by atoms with Crippen molar-refractivity contribution in [2.45, 2.75) is 25.2 Å². The molecular weight excluding hydrogens is 260 g/mol. The van der Waals surface area contributed by atoms with E-state index in [4.69, 9.17) is 12.2 Å². The van der Waals surface area contributed by atoms with Gasteiger partial charge in [-0.15, -0.1) is 6.42 Å². The summed E-state index contributed by atoms with van der Waals surface area (Å²) in [6.45, 7) is 1.54. The highest BCUT2D eigenvalue weighted by atomic mass is 19.4. The number of hydrogen-bond acceptors (Lipinski definition) is 2. The van der Waals surface area contributed by atoms with Crippen molar-refractivity contribution in [3.8, 4) is 12.3 Å². The fraction of sp³-hybridized carbons (Fsp3) is 0.385. The van der Waals surface area contributed by atoms with E-state index in [1.54, 1.807) is 6.92 Å². The Morgan fingerprint density at radius 3 is 2.53 bits per heavy atom. The van der Waals surface area contributed by atoms with E-state index >= 15 is 0 Å². The SMILES string of the molecule is C#CC(C)NC(CN)c1ccc(F)cc1C(F)(F)F. The van der Waals surface area contributed by atoms with Crippen LogP contribution in [0.3, 0.4) is 0 Å². The van der Waals surface area contributed by atoms with E-state index in [0.29, 0.717) is 6.07 Å². The van der Waals surface area contributed by atoms with Gasteiger partial charge >= 0.3 is 6.18 Å². The maximum absolute atomic E-state index is 13.0. The van der Waals surface area contributed by atoms with Crippen LogP contribution in [0.25, 0.3) is 0 Å². The highest BCUT2D eigenvalue weighted by molar-refractivity contribution is 5.33. The number of nitrogens with one attached hydrogen (secondary N) is 1. The van der Waals surface area contributed by atoms with Gasteiger partial charge in [-0.2, -0.15) is 13.2 Å². The molecule has 0 fully saturated rings. The smallest absolute Gasteiger partial charge is 0.329 e. The van der Waals surface area contributed by atoms with Crippen LogP contribution in [0.15, 0.2) is 18.2 Å². The zero-order chi connectivity index (χ0) is 14.6. The lowest BCUT2D eigenvalue weighted by atomic mass is 9.99. The van der Waals surface area contributed by atoms with Crippen molar-refractivity contribution in [1.82, 2.24) is 5.32 Å². The number of terminal acetylenes is 1. The molecule has 2 nitrogen and oxygen atoms in total. The molecule has 0 saturated carbocycles. The van der Waals surface area contributed by atoms with Gasteiger partial charge in [-0.25, -0.2) is 4.39 Å². The Labute approximate surface area is 109 Å². The Bertz CT molecular complexity index is 477. The Morgan fingerprint density at radius 1 is 1.42 bits per heavy atom. The fourth-order valence-electron chi connectivity index (χ4n) is 1.71. The van der Waals surface area contributed by atoms with E-state index in [1.807, 2.05) is 0 Å². The average Bonchev–Trinajstić information content (AvgIpc) is 2.34. The van der Waals surface area contributed by atoms with Crippen molar-refractivity contribution in [2.24, 2.45) is 5.73 Å². The van der Waals surface area contributed by atoms with Crippen LogP contribution in [0.1, 0.15) is 24.1 Å². The molecule has 1 aromatic rings. The van der Waals surface area contributed by atoms with Gasteiger partial charge in [0.1, 0.15) is 5.82 Å². The summed E-state index contributed by atoms with van der Waals surface area (Å²) in [6, 6.07) is 1.27. The molecule has 0 radical (unpaired) electrons. The summed E-state index contributed by atoms with van der Waals surface area (Å²) in [5.74, 6) is 1.40. The van der Waals surface area contributed by atoms with Crippen LogP contribution >= 0.6 is 0 Å². The number of benzene rings is 1. The molecule has 0 bridgehead atoms. The summed E-state index contributed by atoms with van der Waals surface area (Å²) in [7, 11) is 0. The lowest BCUT2D eigenvalue weighted by molar-refractivity contribution is -0.138. The molecule has 2 atom stereocenters. The molecular formula is C13H14F4N2. The minimum absolute atomic E-state index is 0.0826. The van der Waals surface area contributed by atoms with Gasteiger partial charge in [0.2, 0.25) is 0 Å². The predicted octanol–water partition coefficient (Wildman–Crippen LogP) is 2.46. The highest BCUT2D eigenvalue weighted by Crippen LogP contribution is 2.35. The molecule has 0 aliphatic carbocycles. The summed E-state index contributed by atoms with van der Waals surface area (Å²) in [4.78, 5) is 0. The molecule has 0 spiro atoms. The third-order valence-corrected chi connectivity index (χ3v) is 2.63. The Balaban J connectivity index is 3.21. The topological polar surface area (TPSA) is 38.0 Å². The molecule has 3 N–H and O–H groups in total. The van der Waals surface area contributed by atoms with E-state index in [-0.39, 0.29) is 12.1 Å². The lowest BCUT2D eigenvalue weighted by Crippen LogP contribution is -2.35. The zero-order valence-corrected chi connectivity index (χ0v) is 10.3. The quantitative estimate of drug-likeness (QED) is 0.654. The average molecular weight is 274 g/mol.